The van der Waals surface area contributed by atoms with Crippen molar-refractivity contribution in [1.29, 1.82) is 0 Å². The van der Waals surface area contributed by atoms with Crippen LogP contribution >= 0.6 is 0 Å². The van der Waals surface area contributed by atoms with Crippen LogP contribution in [0.3, 0.4) is 0 Å². The number of allylic oxidation sites excluding steroid dienone is 1. The molecular formula is C15H17NO2. The Bertz CT molecular complexity index is 487. The van der Waals surface area contributed by atoms with Crippen molar-refractivity contribution in [3.05, 3.63) is 41.0 Å². The number of cyclic esters (lactones) is 1. The van der Waals surface area contributed by atoms with E-state index in [0.29, 0.717) is 18.1 Å². The van der Waals surface area contributed by atoms with Gasteiger partial charge >= 0.3 is 5.97 Å². The summed E-state index contributed by atoms with van der Waals surface area (Å²) in [4.78, 5) is 11.3. The van der Waals surface area contributed by atoms with Gasteiger partial charge in [-0.3, -0.25) is 0 Å². The Kier molecular flexibility index (Phi) is 3.15. The molecule has 1 N–H and O–H groups in total. The Morgan fingerprint density at radius 1 is 1.28 bits per heavy atom. The van der Waals surface area contributed by atoms with Crippen LogP contribution in [0.25, 0.3) is 6.08 Å². The molecule has 0 amide bonds. The van der Waals surface area contributed by atoms with Gasteiger partial charge in [0.05, 0.1) is 5.56 Å². The van der Waals surface area contributed by atoms with Crippen LogP contribution in [-0.4, -0.2) is 19.1 Å². The Hall–Kier alpha value is -1.61. The van der Waals surface area contributed by atoms with Crippen molar-refractivity contribution >= 4 is 12.0 Å². The minimum atomic E-state index is -0.195. The van der Waals surface area contributed by atoms with Crippen molar-refractivity contribution in [3.63, 3.8) is 0 Å². The monoisotopic (exact) mass is 243 g/mol. The highest BCUT2D eigenvalue weighted by Crippen LogP contribution is 2.22. The summed E-state index contributed by atoms with van der Waals surface area (Å²) in [6, 6.07) is 5.91. The molecule has 0 aliphatic carbocycles. The highest BCUT2D eigenvalue weighted by molar-refractivity contribution is 5.93. The summed E-state index contributed by atoms with van der Waals surface area (Å²) in [5, 5.41) is 3.36. The van der Waals surface area contributed by atoms with E-state index in [1.807, 2.05) is 12.1 Å². The van der Waals surface area contributed by atoms with Gasteiger partial charge in [0.1, 0.15) is 6.61 Å². The van der Waals surface area contributed by atoms with E-state index in [2.05, 4.69) is 23.5 Å². The standard InChI is InChI=1S/C15H17NO2/c17-15-14-4-3-12(9-13(14)10-18-15)2-1-11-5-7-16-8-6-11/h1-4,9,11,16H,5-8,10H2. The Balaban J connectivity index is 1.73. The highest BCUT2D eigenvalue weighted by Gasteiger charge is 2.20. The van der Waals surface area contributed by atoms with Crippen LogP contribution in [0.5, 0.6) is 0 Å². The summed E-state index contributed by atoms with van der Waals surface area (Å²) in [5.74, 6) is 0.483. The SMILES string of the molecule is O=C1OCc2cc(C=CC3CCNCC3)ccc21. The van der Waals surface area contributed by atoms with E-state index in [9.17, 15) is 4.79 Å². The molecule has 3 heteroatoms. The zero-order valence-corrected chi connectivity index (χ0v) is 10.3. The number of fused-ring (bicyclic) bond motifs is 1. The molecule has 94 valence electrons. The minimum Gasteiger partial charge on any atom is -0.457 e. The number of carbonyl (C=O) groups excluding carboxylic acids is 1. The fourth-order valence-corrected chi connectivity index (χ4v) is 2.54. The van der Waals surface area contributed by atoms with E-state index in [4.69, 9.17) is 4.74 Å². The molecular weight excluding hydrogens is 226 g/mol. The molecule has 1 aromatic rings. The largest absolute Gasteiger partial charge is 0.457 e. The number of carbonyl (C=O) groups is 1. The Morgan fingerprint density at radius 3 is 2.94 bits per heavy atom. The van der Waals surface area contributed by atoms with Crippen LogP contribution in [0.15, 0.2) is 24.3 Å². The summed E-state index contributed by atoms with van der Waals surface area (Å²) in [7, 11) is 0. The zero-order valence-electron chi connectivity index (χ0n) is 10.3. The zero-order chi connectivity index (χ0) is 12.4. The van der Waals surface area contributed by atoms with E-state index in [1.54, 1.807) is 0 Å². The van der Waals surface area contributed by atoms with Crippen molar-refractivity contribution in [2.24, 2.45) is 5.92 Å². The maximum Gasteiger partial charge on any atom is 0.338 e. The molecule has 0 bridgehead atoms. The number of piperidine rings is 1. The lowest BCUT2D eigenvalue weighted by Gasteiger charge is -2.19. The summed E-state index contributed by atoms with van der Waals surface area (Å²) < 4.78 is 5.00. The van der Waals surface area contributed by atoms with E-state index in [-0.39, 0.29) is 5.97 Å². The van der Waals surface area contributed by atoms with Crippen molar-refractivity contribution in [1.82, 2.24) is 5.32 Å². The number of nitrogens with one attached hydrogen (secondary N) is 1. The smallest absolute Gasteiger partial charge is 0.338 e. The molecule has 1 aromatic carbocycles. The third kappa shape index (κ3) is 2.31. The van der Waals surface area contributed by atoms with Gasteiger partial charge in [-0.15, -0.1) is 0 Å². The van der Waals surface area contributed by atoms with Crippen molar-refractivity contribution in [3.8, 4) is 0 Å². The lowest BCUT2D eigenvalue weighted by atomic mass is 9.96. The van der Waals surface area contributed by atoms with Gasteiger partial charge in [-0.1, -0.05) is 18.2 Å². The van der Waals surface area contributed by atoms with Gasteiger partial charge in [0.15, 0.2) is 0 Å². The molecule has 0 radical (unpaired) electrons. The van der Waals surface area contributed by atoms with Gasteiger partial charge in [-0.25, -0.2) is 4.79 Å². The van der Waals surface area contributed by atoms with Crippen LogP contribution in [0.2, 0.25) is 0 Å². The molecule has 0 saturated carbocycles. The fraction of sp³-hybridized carbons (Fsp3) is 0.400. The van der Waals surface area contributed by atoms with Crippen LogP contribution in [-0.2, 0) is 11.3 Å². The molecule has 0 unspecified atom stereocenters. The Labute approximate surface area is 107 Å². The summed E-state index contributed by atoms with van der Waals surface area (Å²) in [5.41, 5.74) is 2.88. The van der Waals surface area contributed by atoms with Gasteiger partial charge in [-0.2, -0.15) is 0 Å². The second-order valence-electron chi connectivity index (χ2n) is 4.94. The van der Waals surface area contributed by atoms with Gasteiger partial charge in [0.25, 0.3) is 0 Å². The minimum absolute atomic E-state index is 0.195. The average Bonchev–Trinajstić information content (AvgIpc) is 2.79. The molecule has 2 aliphatic heterocycles. The fourth-order valence-electron chi connectivity index (χ4n) is 2.54. The summed E-state index contributed by atoms with van der Waals surface area (Å²) in [6.45, 7) is 2.65. The molecule has 0 atom stereocenters. The first-order valence-electron chi connectivity index (χ1n) is 6.52. The molecule has 2 aliphatic rings. The predicted molar refractivity (Wildman–Crippen MR) is 70.2 cm³/mol. The molecule has 3 rings (SSSR count). The van der Waals surface area contributed by atoms with E-state index < -0.39 is 0 Å². The number of hydrogen-bond donors (Lipinski definition) is 1. The number of benzene rings is 1. The van der Waals surface area contributed by atoms with Crippen LogP contribution in [0, 0.1) is 5.92 Å². The molecule has 2 heterocycles. The topological polar surface area (TPSA) is 38.3 Å². The second-order valence-corrected chi connectivity index (χ2v) is 4.94. The van der Waals surface area contributed by atoms with Crippen LogP contribution in [0.1, 0.15) is 34.3 Å². The number of esters is 1. The predicted octanol–water partition coefficient (Wildman–Crippen LogP) is 2.37. The molecule has 0 aromatic heterocycles. The van der Waals surface area contributed by atoms with Gasteiger partial charge in [0, 0.05) is 5.56 Å². The van der Waals surface area contributed by atoms with Crippen molar-refractivity contribution < 1.29 is 9.53 Å². The van der Waals surface area contributed by atoms with Gasteiger partial charge < -0.3 is 10.1 Å². The number of ether oxygens (including phenoxy) is 1. The summed E-state index contributed by atoms with van der Waals surface area (Å²) >= 11 is 0. The van der Waals surface area contributed by atoms with E-state index in [1.165, 1.54) is 12.8 Å². The second kappa shape index (κ2) is 4.94. The number of hydrogen-bond acceptors (Lipinski definition) is 3. The lowest BCUT2D eigenvalue weighted by molar-refractivity contribution is 0.0535. The molecule has 3 nitrogen and oxygen atoms in total. The van der Waals surface area contributed by atoms with Crippen molar-refractivity contribution in [2.45, 2.75) is 19.4 Å². The first kappa shape index (κ1) is 11.5. The molecule has 18 heavy (non-hydrogen) atoms. The Morgan fingerprint density at radius 2 is 2.11 bits per heavy atom. The normalized spacial score (nSPS) is 20.1. The quantitative estimate of drug-likeness (QED) is 0.810. The first-order chi connectivity index (χ1) is 8.83. The highest BCUT2D eigenvalue weighted by atomic mass is 16.5. The maximum absolute atomic E-state index is 11.3. The maximum atomic E-state index is 11.3. The third-order valence-electron chi connectivity index (χ3n) is 3.65. The van der Waals surface area contributed by atoms with Gasteiger partial charge in [0.2, 0.25) is 0 Å². The average molecular weight is 243 g/mol. The van der Waals surface area contributed by atoms with Crippen LogP contribution in [0.4, 0.5) is 0 Å². The number of rotatable bonds is 2. The summed E-state index contributed by atoms with van der Waals surface area (Å²) in [6.07, 6.45) is 6.88. The molecule has 1 fully saturated rings. The van der Waals surface area contributed by atoms with E-state index in [0.717, 1.165) is 24.2 Å². The van der Waals surface area contributed by atoms with Crippen molar-refractivity contribution in [2.75, 3.05) is 13.1 Å². The lowest BCUT2D eigenvalue weighted by Crippen LogP contribution is -2.26. The van der Waals surface area contributed by atoms with E-state index >= 15 is 0 Å². The first-order valence-corrected chi connectivity index (χ1v) is 6.52. The molecule has 1 saturated heterocycles. The molecule has 0 spiro atoms. The third-order valence-corrected chi connectivity index (χ3v) is 3.65. The van der Waals surface area contributed by atoms with Crippen LogP contribution < -0.4 is 5.32 Å². The van der Waals surface area contributed by atoms with Gasteiger partial charge in [-0.05, 0) is 49.5 Å².